The van der Waals surface area contributed by atoms with Crippen molar-refractivity contribution in [3.63, 3.8) is 0 Å². The summed E-state index contributed by atoms with van der Waals surface area (Å²) in [7, 11) is 0. The van der Waals surface area contributed by atoms with Gasteiger partial charge in [0.15, 0.2) is 5.13 Å². The van der Waals surface area contributed by atoms with E-state index in [0.29, 0.717) is 28.9 Å². The van der Waals surface area contributed by atoms with Crippen LogP contribution in [0.25, 0.3) is 0 Å². The first-order valence-corrected chi connectivity index (χ1v) is 10.0. The zero-order valence-corrected chi connectivity index (χ0v) is 16.2. The summed E-state index contributed by atoms with van der Waals surface area (Å²) in [6, 6.07) is 0. The smallest absolute Gasteiger partial charge is 0.350 e. The first-order valence-electron chi connectivity index (χ1n) is 9.19. The third kappa shape index (κ3) is 5.14. The van der Waals surface area contributed by atoms with E-state index in [1.165, 1.54) is 11.3 Å². The maximum atomic E-state index is 13.1. The molecule has 0 N–H and O–H groups in total. The number of anilines is 1. The zero-order chi connectivity index (χ0) is 18.2. The first kappa shape index (κ1) is 19.6. The van der Waals surface area contributed by atoms with Crippen LogP contribution in [-0.4, -0.2) is 30.0 Å². The lowest BCUT2D eigenvalue weighted by Gasteiger charge is -2.26. The van der Waals surface area contributed by atoms with Gasteiger partial charge in [-0.05, 0) is 39.5 Å². The molecule has 0 radical (unpaired) electrons. The summed E-state index contributed by atoms with van der Waals surface area (Å²) in [6.07, 6.45) is 9.96. The highest BCUT2D eigenvalue weighted by Gasteiger charge is 2.28. The van der Waals surface area contributed by atoms with Gasteiger partial charge in [0.25, 0.3) is 0 Å². The lowest BCUT2D eigenvalue weighted by molar-refractivity contribution is -0.122. The Morgan fingerprint density at radius 3 is 2.76 bits per heavy atom. The molecule has 0 aliphatic heterocycles. The number of carbonyl (C=O) groups is 2. The Bertz CT molecular complexity index is 624. The Labute approximate surface area is 154 Å². The van der Waals surface area contributed by atoms with Gasteiger partial charge in [-0.1, -0.05) is 43.3 Å². The number of amides is 1. The number of carbonyl (C=O) groups excluding carboxylic acids is 2. The lowest BCUT2D eigenvalue weighted by Crippen LogP contribution is -2.37. The molecule has 0 saturated heterocycles. The lowest BCUT2D eigenvalue weighted by atomic mass is 9.93. The molecular formula is C19H28N2O3S. The van der Waals surface area contributed by atoms with Crippen molar-refractivity contribution in [3.05, 3.63) is 22.7 Å². The fourth-order valence-corrected chi connectivity index (χ4v) is 3.93. The molecule has 1 aromatic heterocycles. The predicted octanol–water partition coefficient (Wildman–Crippen LogP) is 4.51. The van der Waals surface area contributed by atoms with Crippen molar-refractivity contribution >= 4 is 28.3 Å². The minimum atomic E-state index is -0.356. The molecular weight excluding hydrogens is 336 g/mol. The summed E-state index contributed by atoms with van der Waals surface area (Å²) >= 11 is 1.27. The number of ether oxygens (including phenoxy) is 1. The molecule has 1 atom stereocenters. The Balaban J connectivity index is 2.22. The number of hydrogen-bond acceptors (Lipinski definition) is 5. The van der Waals surface area contributed by atoms with Crippen LogP contribution in [0.2, 0.25) is 0 Å². The van der Waals surface area contributed by atoms with Crippen LogP contribution < -0.4 is 4.90 Å². The topological polar surface area (TPSA) is 59.5 Å². The fourth-order valence-electron chi connectivity index (χ4n) is 2.94. The number of rotatable bonds is 8. The molecule has 138 valence electrons. The van der Waals surface area contributed by atoms with Gasteiger partial charge < -0.3 is 4.74 Å². The van der Waals surface area contributed by atoms with E-state index in [2.05, 4.69) is 24.1 Å². The van der Waals surface area contributed by atoms with E-state index in [-0.39, 0.29) is 17.8 Å². The quantitative estimate of drug-likeness (QED) is 0.387. The van der Waals surface area contributed by atoms with E-state index in [1.807, 2.05) is 0 Å². The van der Waals surface area contributed by atoms with Gasteiger partial charge >= 0.3 is 5.97 Å². The van der Waals surface area contributed by atoms with Crippen LogP contribution in [-0.2, 0) is 9.53 Å². The second-order valence-electron chi connectivity index (χ2n) is 6.31. The van der Waals surface area contributed by atoms with Crippen LogP contribution in [0.4, 0.5) is 5.13 Å². The van der Waals surface area contributed by atoms with Crippen molar-refractivity contribution in [2.45, 2.75) is 59.3 Å². The van der Waals surface area contributed by atoms with Crippen molar-refractivity contribution in [2.24, 2.45) is 5.92 Å². The molecule has 0 bridgehead atoms. The molecule has 1 aromatic rings. The Kier molecular flexibility index (Phi) is 7.62. The number of aromatic nitrogens is 1. The minimum Gasteiger partial charge on any atom is -0.462 e. The van der Waals surface area contributed by atoms with Crippen molar-refractivity contribution < 1.29 is 14.3 Å². The van der Waals surface area contributed by atoms with E-state index < -0.39 is 0 Å². The monoisotopic (exact) mass is 364 g/mol. The molecule has 1 aliphatic carbocycles. The summed E-state index contributed by atoms with van der Waals surface area (Å²) in [4.78, 5) is 31.9. The van der Waals surface area contributed by atoms with Crippen molar-refractivity contribution in [3.8, 4) is 0 Å². The molecule has 1 unspecified atom stereocenters. The molecule has 5 nitrogen and oxygen atoms in total. The van der Waals surface area contributed by atoms with Crippen molar-refractivity contribution in [1.82, 2.24) is 4.98 Å². The molecule has 25 heavy (non-hydrogen) atoms. The standard InChI is InChI=1S/C19H28N2O3S/c1-4-6-10-13-21(17(22)15-11-8-7-9-12-15)19-20-14(3)16(25-19)18(23)24-5-2/h7-8,15H,4-6,9-13H2,1-3H3. The van der Waals surface area contributed by atoms with Gasteiger partial charge in [0.05, 0.1) is 12.3 Å². The molecule has 0 saturated carbocycles. The van der Waals surface area contributed by atoms with Crippen LogP contribution in [0, 0.1) is 12.8 Å². The Hall–Kier alpha value is -1.69. The van der Waals surface area contributed by atoms with E-state index in [0.717, 1.165) is 38.5 Å². The van der Waals surface area contributed by atoms with Gasteiger partial charge in [-0.3, -0.25) is 9.69 Å². The van der Waals surface area contributed by atoms with Gasteiger partial charge in [-0.2, -0.15) is 0 Å². The third-order valence-electron chi connectivity index (χ3n) is 4.35. The number of aryl methyl sites for hydroxylation is 1. The Morgan fingerprint density at radius 1 is 1.32 bits per heavy atom. The highest BCUT2D eigenvalue weighted by Crippen LogP contribution is 2.30. The molecule has 0 aromatic carbocycles. The number of unbranched alkanes of at least 4 members (excludes halogenated alkanes) is 2. The number of allylic oxidation sites excluding steroid dienone is 2. The summed E-state index contributed by atoms with van der Waals surface area (Å²) in [5.41, 5.74) is 0.635. The highest BCUT2D eigenvalue weighted by atomic mass is 32.1. The van der Waals surface area contributed by atoms with E-state index in [1.54, 1.807) is 18.7 Å². The van der Waals surface area contributed by atoms with Crippen LogP contribution in [0.1, 0.15) is 67.7 Å². The average molecular weight is 365 g/mol. The van der Waals surface area contributed by atoms with Gasteiger partial charge in [0.2, 0.25) is 5.91 Å². The number of esters is 1. The SMILES string of the molecule is CCCCCN(C(=O)C1CC=CCC1)c1nc(C)c(C(=O)OCC)s1. The number of nitrogens with zero attached hydrogens (tertiary/aromatic N) is 2. The largest absolute Gasteiger partial charge is 0.462 e. The van der Waals surface area contributed by atoms with E-state index >= 15 is 0 Å². The van der Waals surface area contributed by atoms with Crippen molar-refractivity contribution in [1.29, 1.82) is 0 Å². The summed E-state index contributed by atoms with van der Waals surface area (Å²) in [6.45, 7) is 6.71. The molecule has 1 amide bonds. The van der Waals surface area contributed by atoms with Gasteiger partial charge in [-0.25, -0.2) is 9.78 Å². The predicted molar refractivity (Wildman–Crippen MR) is 101 cm³/mol. The average Bonchev–Trinajstić information content (AvgIpc) is 3.01. The second kappa shape index (κ2) is 9.70. The first-order chi connectivity index (χ1) is 12.1. The number of hydrogen-bond donors (Lipinski definition) is 0. The molecule has 1 aliphatic rings. The summed E-state index contributed by atoms with van der Waals surface area (Å²) in [5, 5.41) is 0.621. The van der Waals surface area contributed by atoms with Crippen LogP contribution >= 0.6 is 11.3 Å². The zero-order valence-electron chi connectivity index (χ0n) is 15.4. The number of thiazole rings is 1. The van der Waals surface area contributed by atoms with Crippen LogP contribution in [0.15, 0.2) is 12.2 Å². The van der Waals surface area contributed by atoms with E-state index in [9.17, 15) is 9.59 Å². The van der Waals surface area contributed by atoms with Gasteiger partial charge in [-0.15, -0.1) is 0 Å². The molecule has 0 spiro atoms. The Morgan fingerprint density at radius 2 is 2.12 bits per heavy atom. The maximum absolute atomic E-state index is 13.1. The maximum Gasteiger partial charge on any atom is 0.350 e. The molecule has 2 rings (SSSR count). The molecule has 1 heterocycles. The second-order valence-corrected chi connectivity index (χ2v) is 7.29. The fraction of sp³-hybridized carbons (Fsp3) is 0.632. The van der Waals surface area contributed by atoms with Gasteiger partial charge in [0.1, 0.15) is 4.88 Å². The summed E-state index contributed by atoms with van der Waals surface area (Å²) in [5.74, 6) is -0.211. The summed E-state index contributed by atoms with van der Waals surface area (Å²) < 4.78 is 5.10. The normalized spacial score (nSPS) is 16.7. The highest BCUT2D eigenvalue weighted by molar-refractivity contribution is 7.17. The van der Waals surface area contributed by atoms with E-state index in [4.69, 9.17) is 4.74 Å². The van der Waals surface area contributed by atoms with Crippen molar-refractivity contribution in [2.75, 3.05) is 18.1 Å². The molecule has 6 heteroatoms. The van der Waals surface area contributed by atoms with Crippen LogP contribution in [0.5, 0.6) is 0 Å². The molecule has 0 fully saturated rings. The van der Waals surface area contributed by atoms with Gasteiger partial charge in [0, 0.05) is 12.5 Å². The van der Waals surface area contributed by atoms with Crippen LogP contribution in [0.3, 0.4) is 0 Å². The minimum absolute atomic E-state index is 0.0156. The third-order valence-corrected chi connectivity index (χ3v) is 5.51.